The normalized spacial score (nSPS) is 18.8. The van der Waals surface area contributed by atoms with Gasteiger partial charge >= 0.3 is 6.18 Å². The third-order valence-corrected chi connectivity index (χ3v) is 4.45. The molecule has 26 heavy (non-hydrogen) atoms. The average Bonchev–Trinajstić information content (AvgIpc) is 2.99. The number of hydrogen-bond acceptors (Lipinski definition) is 4. The van der Waals surface area contributed by atoms with Crippen molar-refractivity contribution in [1.29, 1.82) is 0 Å². The van der Waals surface area contributed by atoms with Crippen molar-refractivity contribution in [3.63, 3.8) is 0 Å². The maximum atomic E-state index is 13.0. The molecular weight excluding hydrogens is 347 g/mol. The van der Waals surface area contributed by atoms with Crippen molar-refractivity contribution in [3.8, 4) is 5.88 Å². The summed E-state index contributed by atoms with van der Waals surface area (Å²) in [5, 5.41) is 2.86. The standard InChI is InChI=1S/C18H26F3N3O2/c1-4-24-10-6-7-13(24)11-15(25)23-17(2,3)12-26-16-14(18(19,20)21)8-5-9-22-16/h5,8-9,13H,4,6-7,10-12H2,1-3H3,(H,23,25). The summed E-state index contributed by atoms with van der Waals surface area (Å²) in [6.07, 6.45) is -0.841. The van der Waals surface area contributed by atoms with E-state index in [1.807, 2.05) is 0 Å². The maximum absolute atomic E-state index is 13.0. The molecule has 1 unspecified atom stereocenters. The number of aromatic nitrogens is 1. The summed E-state index contributed by atoms with van der Waals surface area (Å²) in [5.74, 6) is -0.601. The Morgan fingerprint density at radius 1 is 1.42 bits per heavy atom. The van der Waals surface area contributed by atoms with Gasteiger partial charge in [-0.05, 0) is 51.9 Å². The van der Waals surface area contributed by atoms with Gasteiger partial charge in [-0.25, -0.2) is 4.98 Å². The molecule has 2 heterocycles. The highest BCUT2D eigenvalue weighted by atomic mass is 19.4. The number of halogens is 3. The molecule has 2 rings (SSSR count). The van der Waals surface area contributed by atoms with E-state index in [0.717, 1.165) is 32.0 Å². The molecule has 1 fully saturated rings. The molecule has 5 nitrogen and oxygen atoms in total. The van der Waals surface area contributed by atoms with Crippen molar-refractivity contribution in [2.24, 2.45) is 0 Å². The van der Waals surface area contributed by atoms with Crippen LogP contribution in [0, 0.1) is 0 Å². The minimum absolute atomic E-state index is 0.110. The van der Waals surface area contributed by atoms with E-state index in [1.165, 1.54) is 12.3 Å². The van der Waals surface area contributed by atoms with E-state index >= 15 is 0 Å². The Bertz CT molecular complexity index is 620. The van der Waals surface area contributed by atoms with Crippen LogP contribution in [0.1, 0.15) is 45.6 Å². The Labute approximate surface area is 151 Å². The van der Waals surface area contributed by atoms with E-state index < -0.39 is 23.2 Å². The van der Waals surface area contributed by atoms with Gasteiger partial charge in [-0.3, -0.25) is 4.79 Å². The lowest BCUT2D eigenvalue weighted by Crippen LogP contribution is -2.49. The second-order valence-electron chi connectivity index (χ2n) is 7.20. The van der Waals surface area contributed by atoms with E-state index in [0.29, 0.717) is 6.42 Å². The van der Waals surface area contributed by atoms with Crippen molar-refractivity contribution in [2.75, 3.05) is 19.7 Å². The van der Waals surface area contributed by atoms with Gasteiger partial charge in [0, 0.05) is 18.7 Å². The van der Waals surface area contributed by atoms with Crippen LogP contribution in [0.15, 0.2) is 18.3 Å². The van der Waals surface area contributed by atoms with Gasteiger partial charge in [-0.1, -0.05) is 6.92 Å². The summed E-state index contributed by atoms with van der Waals surface area (Å²) in [7, 11) is 0. The first-order chi connectivity index (χ1) is 12.1. The molecule has 146 valence electrons. The van der Waals surface area contributed by atoms with E-state index in [2.05, 4.69) is 22.1 Å². The smallest absolute Gasteiger partial charge is 0.421 e. The number of ether oxygens (including phenoxy) is 1. The number of carbonyl (C=O) groups excluding carboxylic acids is 1. The number of amides is 1. The van der Waals surface area contributed by atoms with E-state index in [9.17, 15) is 18.0 Å². The number of rotatable bonds is 7. The predicted molar refractivity (Wildman–Crippen MR) is 91.8 cm³/mol. The van der Waals surface area contributed by atoms with Crippen LogP contribution in [0.5, 0.6) is 5.88 Å². The van der Waals surface area contributed by atoms with Crippen LogP contribution in [0.2, 0.25) is 0 Å². The van der Waals surface area contributed by atoms with Gasteiger partial charge in [0.1, 0.15) is 12.2 Å². The third kappa shape index (κ3) is 5.59. The van der Waals surface area contributed by atoms with Gasteiger partial charge < -0.3 is 15.0 Å². The Balaban J connectivity index is 1.92. The second kappa shape index (κ2) is 8.24. The van der Waals surface area contributed by atoms with Gasteiger partial charge in [-0.2, -0.15) is 13.2 Å². The fraction of sp³-hybridized carbons (Fsp3) is 0.667. The Morgan fingerprint density at radius 3 is 2.81 bits per heavy atom. The molecule has 1 aliphatic heterocycles. The van der Waals surface area contributed by atoms with E-state index in [4.69, 9.17) is 4.74 Å². The number of hydrogen-bond donors (Lipinski definition) is 1. The minimum Gasteiger partial charge on any atom is -0.475 e. The van der Waals surface area contributed by atoms with Crippen LogP contribution in [0.25, 0.3) is 0 Å². The molecule has 0 radical (unpaired) electrons. The summed E-state index contributed by atoms with van der Waals surface area (Å²) in [5.41, 5.74) is -1.74. The minimum atomic E-state index is -4.54. The lowest BCUT2D eigenvalue weighted by atomic mass is 10.1. The molecule has 1 N–H and O–H groups in total. The topological polar surface area (TPSA) is 54.5 Å². The second-order valence-corrected chi connectivity index (χ2v) is 7.20. The number of likely N-dealkylation sites (tertiary alicyclic amines) is 1. The van der Waals surface area contributed by atoms with Crippen molar-refractivity contribution in [1.82, 2.24) is 15.2 Å². The van der Waals surface area contributed by atoms with Gasteiger partial charge in [0.25, 0.3) is 0 Å². The molecule has 1 saturated heterocycles. The summed E-state index contributed by atoms with van der Waals surface area (Å²) in [4.78, 5) is 18.3. The van der Waals surface area contributed by atoms with Crippen LogP contribution >= 0.6 is 0 Å². The maximum Gasteiger partial charge on any atom is 0.421 e. The van der Waals surface area contributed by atoms with Crippen molar-refractivity contribution >= 4 is 5.91 Å². The highest BCUT2D eigenvalue weighted by molar-refractivity contribution is 5.77. The summed E-state index contributed by atoms with van der Waals surface area (Å²) in [6.45, 7) is 7.30. The average molecular weight is 373 g/mol. The lowest BCUT2D eigenvalue weighted by molar-refractivity contribution is -0.139. The van der Waals surface area contributed by atoms with Gasteiger partial charge in [0.2, 0.25) is 11.8 Å². The Kier molecular flexibility index (Phi) is 6.49. The molecule has 1 amide bonds. The van der Waals surface area contributed by atoms with E-state index in [-0.39, 0.29) is 18.6 Å². The molecule has 0 bridgehead atoms. The van der Waals surface area contributed by atoms with Crippen molar-refractivity contribution in [2.45, 2.75) is 57.8 Å². The number of pyridine rings is 1. The van der Waals surface area contributed by atoms with Crippen molar-refractivity contribution in [3.05, 3.63) is 23.9 Å². The van der Waals surface area contributed by atoms with Crippen LogP contribution in [0.3, 0.4) is 0 Å². The molecule has 1 aromatic rings. The highest BCUT2D eigenvalue weighted by Crippen LogP contribution is 2.34. The molecule has 0 aromatic carbocycles. The SMILES string of the molecule is CCN1CCCC1CC(=O)NC(C)(C)COc1ncccc1C(F)(F)F. The molecule has 0 aliphatic carbocycles. The molecule has 1 aliphatic rings. The molecule has 0 saturated carbocycles. The van der Waals surface area contributed by atoms with Crippen molar-refractivity contribution < 1.29 is 22.7 Å². The third-order valence-electron chi connectivity index (χ3n) is 4.45. The van der Waals surface area contributed by atoms with Crippen LogP contribution in [0.4, 0.5) is 13.2 Å². The summed E-state index contributed by atoms with van der Waals surface area (Å²) < 4.78 is 44.2. The zero-order chi connectivity index (χ0) is 19.4. The van der Waals surface area contributed by atoms with Gasteiger partial charge in [-0.15, -0.1) is 0 Å². The number of nitrogens with one attached hydrogen (secondary N) is 1. The zero-order valence-corrected chi connectivity index (χ0v) is 15.4. The molecule has 8 heteroatoms. The first kappa shape index (κ1) is 20.5. The Morgan fingerprint density at radius 2 is 2.15 bits per heavy atom. The monoisotopic (exact) mass is 373 g/mol. The number of carbonyl (C=O) groups is 1. The first-order valence-corrected chi connectivity index (χ1v) is 8.82. The van der Waals surface area contributed by atoms with Gasteiger partial charge in [0.05, 0.1) is 5.54 Å². The largest absolute Gasteiger partial charge is 0.475 e. The van der Waals surface area contributed by atoms with Crippen LogP contribution < -0.4 is 10.1 Å². The highest BCUT2D eigenvalue weighted by Gasteiger charge is 2.36. The van der Waals surface area contributed by atoms with Gasteiger partial charge in [0.15, 0.2) is 0 Å². The molecule has 1 aromatic heterocycles. The molecular formula is C18H26F3N3O2. The van der Waals surface area contributed by atoms with Crippen LogP contribution in [-0.2, 0) is 11.0 Å². The molecule has 1 atom stereocenters. The number of nitrogens with zero attached hydrogens (tertiary/aromatic N) is 2. The summed E-state index contributed by atoms with van der Waals surface area (Å²) in [6, 6.07) is 2.36. The predicted octanol–water partition coefficient (Wildman–Crippen LogP) is 3.25. The Hall–Kier alpha value is -1.83. The van der Waals surface area contributed by atoms with Crippen LogP contribution in [-0.4, -0.2) is 47.1 Å². The zero-order valence-electron chi connectivity index (χ0n) is 15.4. The lowest BCUT2D eigenvalue weighted by Gasteiger charge is -2.28. The molecule has 0 spiro atoms. The van der Waals surface area contributed by atoms with E-state index in [1.54, 1.807) is 13.8 Å². The quantitative estimate of drug-likeness (QED) is 0.797. The first-order valence-electron chi connectivity index (χ1n) is 8.82. The fourth-order valence-corrected chi connectivity index (χ4v) is 3.19. The summed E-state index contributed by atoms with van der Waals surface area (Å²) >= 11 is 0. The fourth-order valence-electron chi connectivity index (χ4n) is 3.19. The number of alkyl halides is 3.